The van der Waals surface area contributed by atoms with E-state index in [4.69, 9.17) is 0 Å². The van der Waals surface area contributed by atoms with Gasteiger partial charge in [-0.25, -0.2) is 4.98 Å². The summed E-state index contributed by atoms with van der Waals surface area (Å²) in [5.41, 5.74) is 2.78. The van der Waals surface area contributed by atoms with E-state index >= 15 is 0 Å². The Hall–Kier alpha value is -2.10. The zero-order valence-electron chi connectivity index (χ0n) is 10.9. The molecule has 0 saturated carbocycles. The van der Waals surface area contributed by atoms with E-state index in [1.165, 1.54) is 5.57 Å². The lowest BCUT2D eigenvalue weighted by Crippen LogP contribution is -2.24. The van der Waals surface area contributed by atoms with E-state index in [0.29, 0.717) is 12.4 Å². The van der Waals surface area contributed by atoms with E-state index in [2.05, 4.69) is 10.3 Å². The molecule has 0 spiro atoms. The molecule has 1 aromatic heterocycles. The van der Waals surface area contributed by atoms with Gasteiger partial charge in [-0.15, -0.1) is 0 Å². The van der Waals surface area contributed by atoms with Gasteiger partial charge in [-0.3, -0.25) is 9.36 Å². The van der Waals surface area contributed by atoms with Gasteiger partial charge in [0.25, 0.3) is 5.56 Å². The van der Waals surface area contributed by atoms with Gasteiger partial charge in [0.15, 0.2) is 5.82 Å². The molecule has 0 aliphatic heterocycles. The van der Waals surface area contributed by atoms with Gasteiger partial charge in [0.05, 0.1) is 11.0 Å². The molecule has 4 heteroatoms. The topological polar surface area (TPSA) is 46.9 Å². The predicted octanol–water partition coefficient (Wildman–Crippen LogP) is 2.40. The van der Waals surface area contributed by atoms with Crippen LogP contribution >= 0.6 is 0 Å². The predicted molar refractivity (Wildman–Crippen MR) is 75.0 cm³/mol. The third kappa shape index (κ3) is 2.27. The molecule has 0 saturated heterocycles. The van der Waals surface area contributed by atoms with Crippen LogP contribution in [0.5, 0.6) is 0 Å². The van der Waals surface area contributed by atoms with Crippen molar-refractivity contribution in [3.63, 3.8) is 0 Å². The largest absolute Gasteiger partial charge is 0.369 e. The quantitative estimate of drug-likeness (QED) is 0.842. The third-order valence-corrected chi connectivity index (χ3v) is 2.77. The van der Waals surface area contributed by atoms with Gasteiger partial charge in [0.1, 0.15) is 0 Å². The summed E-state index contributed by atoms with van der Waals surface area (Å²) in [5, 5.41) is 2.85. The average molecular weight is 243 g/mol. The standard InChI is InChI=1S/C14H17N3O/c1-10(2)8-9-17-12-7-5-4-6-11(12)16-13(15-3)14(17)18/h4-8H,9H2,1-3H3,(H,15,16). The van der Waals surface area contributed by atoms with Crippen LogP contribution in [0.15, 0.2) is 40.7 Å². The van der Waals surface area contributed by atoms with Crippen molar-refractivity contribution in [1.82, 2.24) is 9.55 Å². The van der Waals surface area contributed by atoms with Crippen molar-refractivity contribution in [2.75, 3.05) is 12.4 Å². The van der Waals surface area contributed by atoms with Crippen LogP contribution in [0.3, 0.4) is 0 Å². The molecule has 4 nitrogen and oxygen atoms in total. The highest BCUT2D eigenvalue weighted by Gasteiger charge is 2.08. The number of anilines is 1. The monoisotopic (exact) mass is 243 g/mol. The minimum absolute atomic E-state index is 0.0892. The van der Waals surface area contributed by atoms with E-state index in [-0.39, 0.29) is 5.56 Å². The van der Waals surface area contributed by atoms with E-state index in [0.717, 1.165) is 11.0 Å². The maximum absolute atomic E-state index is 12.2. The summed E-state index contributed by atoms with van der Waals surface area (Å²) >= 11 is 0. The van der Waals surface area contributed by atoms with Crippen LogP contribution in [-0.2, 0) is 6.54 Å². The van der Waals surface area contributed by atoms with E-state index in [1.54, 1.807) is 11.6 Å². The summed E-state index contributed by atoms with van der Waals surface area (Å²) in [4.78, 5) is 16.6. The van der Waals surface area contributed by atoms with Crippen molar-refractivity contribution in [1.29, 1.82) is 0 Å². The molecule has 1 N–H and O–H groups in total. The summed E-state index contributed by atoms with van der Waals surface area (Å²) in [6.07, 6.45) is 2.04. The molecule has 0 amide bonds. The van der Waals surface area contributed by atoms with E-state index < -0.39 is 0 Å². The summed E-state index contributed by atoms with van der Waals surface area (Å²) < 4.78 is 1.74. The molecule has 0 unspecified atom stereocenters. The zero-order chi connectivity index (χ0) is 13.1. The van der Waals surface area contributed by atoms with Crippen molar-refractivity contribution in [2.24, 2.45) is 0 Å². The molecule has 94 valence electrons. The summed E-state index contributed by atoms with van der Waals surface area (Å²) in [6, 6.07) is 7.67. The lowest BCUT2D eigenvalue weighted by Gasteiger charge is -2.10. The summed E-state index contributed by atoms with van der Waals surface area (Å²) in [7, 11) is 1.71. The molecule has 1 aromatic carbocycles. The Labute approximate surface area is 106 Å². The lowest BCUT2D eigenvalue weighted by molar-refractivity contribution is 0.805. The van der Waals surface area contributed by atoms with Crippen molar-refractivity contribution in [3.05, 3.63) is 46.3 Å². The molecular weight excluding hydrogens is 226 g/mol. The second-order valence-electron chi connectivity index (χ2n) is 4.40. The Bertz CT molecular complexity index is 652. The van der Waals surface area contributed by atoms with Gasteiger partial charge in [-0.1, -0.05) is 23.8 Å². The Morgan fingerprint density at radius 3 is 2.78 bits per heavy atom. The molecule has 18 heavy (non-hydrogen) atoms. The zero-order valence-corrected chi connectivity index (χ0v) is 10.9. The normalized spacial score (nSPS) is 10.4. The first-order valence-corrected chi connectivity index (χ1v) is 5.94. The highest BCUT2D eigenvalue weighted by Crippen LogP contribution is 2.11. The molecule has 0 aliphatic rings. The maximum atomic E-state index is 12.2. The fourth-order valence-corrected chi connectivity index (χ4v) is 1.81. The second kappa shape index (κ2) is 5.04. The molecule has 1 heterocycles. The smallest absolute Gasteiger partial charge is 0.294 e. The molecule has 0 atom stereocenters. The molecule has 0 aliphatic carbocycles. The molecule has 2 aromatic rings. The number of fused-ring (bicyclic) bond motifs is 1. The van der Waals surface area contributed by atoms with Crippen LogP contribution in [0, 0.1) is 0 Å². The van der Waals surface area contributed by atoms with Crippen LogP contribution in [0.4, 0.5) is 5.82 Å². The molecule has 0 radical (unpaired) electrons. The lowest BCUT2D eigenvalue weighted by atomic mass is 10.2. The Morgan fingerprint density at radius 1 is 1.39 bits per heavy atom. The Kier molecular flexibility index (Phi) is 3.46. The van der Waals surface area contributed by atoms with Crippen molar-refractivity contribution in [2.45, 2.75) is 20.4 Å². The van der Waals surface area contributed by atoms with Crippen LogP contribution in [0.1, 0.15) is 13.8 Å². The van der Waals surface area contributed by atoms with Crippen LogP contribution in [0.25, 0.3) is 11.0 Å². The maximum Gasteiger partial charge on any atom is 0.294 e. The van der Waals surface area contributed by atoms with Gasteiger partial charge in [0, 0.05) is 13.6 Å². The third-order valence-electron chi connectivity index (χ3n) is 2.77. The first-order valence-electron chi connectivity index (χ1n) is 5.94. The number of nitrogens with one attached hydrogen (secondary N) is 1. The van der Waals surface area contributed by atoms with Gasteiger partial charge in [0.2, 0.25) is 0 Å². The minimum Gasteiger partial charge on any atom is -0.369 e. The average Bonchev–Trinajstić information content (AvgIpc) is 2.36. The first-order chi connectivity index (χ1) is 8.63. The number of nitrogens with zero attached hydrogens (tertiary/aromatic N) is 2. The van der Waals surface area contributed by atoms with Gasteiger partial charge in [-0.2, -0.15) is 0 Å². The number of hydrogen-bond acceptors (Lipinski definition) is 3. The number of aromatic nitrogens is 2. The van der Waals surface area contributed by atoms with Crippen LogP contribution in [0.2, 0.25) is 0 Å². The minimum atomic E-state index is -0.0892. The van der Waals surface area contributed by atoms with Crippen LogP contribution < -0.4 is 10.9 Å². The number of hydrogen-bond donors (Lipinski definition) is 1. The van der Waals surface area contributed by atoms with Gasteiger partial charge < -0.3 is 5.32 Å². The highest BCUT2D eigenvalue weighted by atomic mass is 16.1. The van der Waals surface area contributed by atoms with Gasteiger partial charge in [-0.05, 0) is 26.0 Å². The molecule has 2 rings (SSSR count). The summed E-state index contributed by atoms with van der Waals surface area (Å²) in [6.45, 7) is 4.61. The number of allylic oxidation sites excluding steroid dienone is 2. The van der Waals surface area contributed by atoms with Crippen molar-refractivity contribution < 1.29 is 0 Å². The molecule has 0 fully saturated rings. The first kappa shape index (κ1) is 12.4. The van der Waals surface area contributed by atoms with Gasteiger partial charge >= 0.3 is 0 Å². The van der Waals surface area contributed by atoms with Crippen molar-refractivity contribution in [3.8, 4) is 0 Å². The Balaban J connectivity index is 2.70. The molecular formula is C14H17N3O. The van der Waals surface area contributed by atoms with Crippen molar-refractivity contribution >= 4 is 16.9 Å². The number of benzene rings is 1. The highest BCUT2D eigenvalue weighted by molar-refractivity contribution is 5.76. The SMILES string of the molecule is CNc1nc2ccccc2n(CC=C(C)C)c1=O. The summed E-state index contributed by atoms with van der Waals surface area (Å²) in [5.74, 6) is 0.385. The molecule has 0 bridgehead atoms. The Morgan fingerprint density at radius 2 is 2.11 bits per heavy atom. The number of rotatable bonds is 3. The van der Waals surface area contributed by atoms with E-state index in [9.17, 15) is 4.79 Å². The number of para-hydroxylation sites is 2. The fraction of sp³-hybridized carbons (Fsp3) is 0.286. The second-order valence-corrected chi connectivity index (χ2v) is 4.40. The van der Waals surface area contributed by atoms with Crippen LogP contribution in [-0.4, -0.2) is 16.6 Å². The fourth-order valence-electron chi connectivity index (χ4n) is 1.81. The van der Waals surface area contributed by atoms with E-state index in [1.807, 2.05) is 44.2 Å².